The Morgan fingerprint density at radius 2 is 2.00 bits per heavy atom. The normalized spacial score (nSPS) is 13.3. The lowest BCUT2D eigenvalue weighted by Gasteiger charge is -2.09. The first-order chi connectivity index (χ1) is 4.57. The summed E-state index contributed by atoms with van der Waals surface area (Å²) in [7, 11) is 4.70. The molecule has 0 spiro atoms. The fourth-order valence-electron chi connectivity index (χ4n) is 0.919. The van der Waals surface area contributed by atoms with Gasteiger partial charge >= 0.3 is 5.97 Å². The van der Waals surface area contributed by atoms with Crippen LogP contribution in [0.2, 0.25) is 0 Å². The molecule has 2 heteroatoms. The van der Waals surface area contributed by atoms with E-state index in [-0.39, 0.29) is 11.9 Å². The zero-order valence-corrected chi connectivity index (χ0v) is 6.76. The van der Waals surface area contributed by atoms with Crippen LogP contribution >= 0.6 is 0 Å². The molecule has 0 aromatic heterocycles. The molecule has 0 bridgehead atoms. The molecule has 0 aromatic carbocycles. The molecule has 1 unspecified atom stereocenters. The maximum Gasteiger partial charge on any atom is 0.309 e. The summed E-state index contributed by atoms with van der Waals surface area (Å²) >= 11 is 0. The molecule has 0 rings (SSSR count). The number of rotatable bonds is 3. The molecule has 0 aliphatic heterocycles. The van der Waals surface area contributed by atoms with Crippen LogP contribution in [0, 0.1) is 18.9 Å². The van der Waals surface area contributed by atoms with Crippen molar-refractivity contribution in [1.29, 1.82) is 0 Å². The third-order valence-corrected chi connectivity index (χ3v) is 1.34. The third-order valence-electron chi connectivity index (χ3n) is 1.34. The third kappa shape index (κ3) is 3.49. The second kappa shape index (κ2) is 4.31. The molecule has 0 aliphatic carbocycles. The van der Waals surface area contributed by atoms with Crippen LogP contribution in [0.15, 0.2) is 0 Å². The van der Waals surface area contributed by atoms with Crippen LogP contribution < -0.4 is 0 Å². The first-order valence-electron chi connectivity index (χ1n) is 3.48. The highest BCUT2D eigenvalue weighted by Gasteiger charge is 2.13. The molecule has 1 atom stereocenters. The van der Waals surface area contributed by atoms with Crippen molar-refractivity contribution >= 4 is 5.97 Å². The van der Waals surface area contributed by atoms with E-state index in [2.05, 4.69) is 18.6 Å². The lowest BCUT2D eigenvalue weighted by Crippen LogP contribution is -2.13. The lowest BCUT2D eigenvalue weighted by atomic mass is 9.99. The van der Waals surface area contributed by atoms with Gasteiger partial charge in [-0.1, -0.05) is 20.8 Å². The first-order valence-corrected chi connectivity index (χ1v) is 3.48. The van der Waals surface area contributed by atoms with E-state index in [9.17, 15) is 4.79 Å². The average Bonchev–Trinajstić information content (AvgIpc) is 1.85. The summed E-state index contributed by atoms with van der Waals surface area (Å²) in [6.45, 7) is 5.93. The van der Waals surface area contributed by atoms with Crippen molar-refractivity contribution in [2.45, 2.75) is 27.2 Å². The van der Waals surface area contributed by atoms with E-state index < -0.39 is 0 Å². The Bertz CT molecular complexity index is 108. The van der Waals surface area contributed by atoms with Crippen LogP contribution in [-0.4, -0.2) is 5.97 Å². The molecule has 0 aromatic rings. The van der Waals surface area contributed by atoms with Gasteiger partial charge in [-0.3, -0.25) is 4.79 Å². The fraction of sp³-hybridized carbons (Fsp3) is 0.750. The van der Waals surface area contributed by atoms with Crippen LogP contribution in [0.4, 0.5) is 0 Å². The lowest BCUT2D eigenvalue weighted by molar-refractivity contribution is -0.143. The average molecular weight is 142 g/mol. The molecule has 0 amide bonds. The van der Waals surface area contributed by atoms with Gasteiger partial charge in [0.15, 0.2) is 7.11 Å². The van der Waals surface area contributed by atoms with Gasteiger partial charge < -0.3 is 4.74 Å². The molecular formula is C8H14O2. The quantitative estimate of drug-likeness (QED) is 0.562. The molecule has 10 heavy (non-hydrogen) atoms. The second-order valence-electron chi connectivity index (χ2n) is 2.97. The van der Waals surface area contributed by atoms with E-state index >= 15 is 0 Å². The highest BCUT2D eigenvalue weighted by Crippen LogP contribution is 2.11. The maximum atomic E-state index is 10.7. The molecule has 0 saturated carbocycles. The van der Waals surface area contributed by atoms with Crippen molar-refractivity contribution in [2.24, 2.45) is 11.8 Å². The van der Waals surface area contributed by atoms with E-state index in [0.29, 0.717) is 5.92 Å². The van der Waals surface area contributed by atoms with E-state index in [4.69, 9.17) is 7.11 Å². The van der Waals surface area contributed by atoms with Gasteiger partial charge in [0, 0.05) is 0 Å². The molecule has 2 radical (unpaired) electrons. The van der Waals surface area contributed by atoms with Gasteiger partial charge in [0.2, 0.25) is 0 Å². The van der Waals surface area contributed by atoms with Crippen molar-refractivity contribution in [3.63, 3.8) is 0 Å². The molecule has 2 nitrogen and oxygen atoms in total. The minimum absolute atomic E-state index is 0.0787. The van der Waals surface area contributed by atoms with Crippen molar-refractivity contribution in [3.05, 3.63) is 7.11 Å². The Hall–Kier alpha value is -0.530. The highest BCUT2D eigenvalue weighted by molar-refractivity contribution is 5.71. The van der Waals surface area contributed by atoms with Gasteiger partial charge in [-0.15, -0.1) is 0 Å². The molecule has 0 aliphatic rings. The molecular weight excluding hydrogens is 128 g/mol. The minimum atomic E-state index is -0.325. The van der Waals surface area contributed by atoms with Crippen LogP contribution in [0.3, 0.4) is 0 Å². The molecule has 58 valence electrons. The van der Waals surface area contributed by atoms with Gasteiger partial charge in [0.1, 0.15) is 0 Å². The summed E-state index contributed by atoms with van der Waals surface area (Å²) in [4.78, 5) is 10.7. The SMILES string of the molecule is [CH]OC(=O)C(C)CC(C)C. The first kappa shape index (κ1) is 9.47. The molecule has 0 heterocycles. The summed E-state index contributed by atoms with van der Waals surface area (Å²) in [5.41, 5.74) is 0. The van der Waals surface area contributed by atoms with Crippen LogP contribution in [0.1, 0.15) is 27.2 Å². The van der Waals surface area contributed by atoms with Gasteiger partial charge in [-0.25, -0.2) is 0 Å². The highest BCUT2D eigenvalue weighted by atomic mass is 16.5. The van der Waals surface area contributed by atoms with Gasteiger partial charge in [0.25, 0.3) is 0 Å². The molecule has 0 fully saturated rings. The van der Waals surface area contributed by atoms with Crippen LogP contribution in [-0.2, 0) is 9.53 Å². The minimum Gasteiger partial charge on any atom is -0.454 e. The Kier molecular flexibility index (Phi) is 4.08. The van der Waals surface area contributed by atoms with Crippen molar-refractivity contribution in [1.82, 2.24) is 0 Å². The Morgan fingerprint density at radius 1 is 1.50 bits per heavy atom. The largest absolute Gasteiger partial charge is 0.454 e. The Labute approximate surface area is 62.6 Å². The smallest absolute Gasteiger partial charge is 0.309 e. The van der Waals surface area contributed by atoms with E-state index in [1.807, 2.05) is 6.92 Å². The number of carbonyl (C=O) groups excluding carboxylic acids is 1. The van der Waals surface area contributed by atoms with E-state index in [1.54, 1.807) is 0 Å². The van der Waals surface area contributed by atoms with E-state index in [0.717, 1.165) is 6.42 Å². The predicted molar refractivity (Wildman–Crippen MR) is 39.0 cm³/mol. The Morgan fingerprint density at radius 3 is 2.30 bits per heavy atom. The summed E-state index contributed by atoms with van der Waals surface area (Å²) in [6.07, 6.45) is 0.829. The monoisotopic (exact) mass is 142 g/mol. The van der Waals surface area contributed by atoms with Gasteiger partial charge in [0.05, 0.1) is 5.92 Å². The zero-order valence-electron chi connectivity index (χ0n) is 6.76. The fourth-order valence-corrected chi connectivity index (χ4v) is 0.919. The topological polar surface area (TPSA) is 26.3 Å². The zero-order chi connectivity index (χ0) is 8.15. The number of ether oxygens (including phenoxy) is 1. The molecule has 0 saturated heterocycles. The van der Waals surface area contributed by atoms with Crippen molar-refractivity contribution < 1.29 is 9.53 Å². The Balaban J connectivity index is 3.61. The number of hydrogen-bond donors (Lipinski definition) is 0. The van der Waals surface area contributed by atoms with Gasteiger partial charge in [-0.2, -0.15) is 0 Å². The standard InChI is InChI=1S/C8H14O2/c1-6(2)5-7(3)8(9)10-4/h4,6-7H,5H2,1-3H3. The maximum absolute atomic E-state index is 10.7. The summed E-state index contributed by atoms with van der Waals surface area (Å²) in [5.74, 6) is 0.104. The molecule has 0 N–H and O–H groups in total. The van der Waals surface area contributed by atoms with Crippen molar-refractivity contribution in [3.8, 4) is 0 Å². The number of esters is 1. The number of hydrogen-bond acceptors (Lipinski definition) is 2. The summed E-state index contributed by atoms with van der Waals surface area (Å²) in [5, 5.41) is 0. The van der Waals surface area contributed by atoms with Crippen molar-refractivity contribution in [2.75, 3.05) is 0 Å². The second-order valence-corrected chi connectivity index (χ2v) is 2.97. The van der Waals surface area contributed by atoms with E-state index in [1.165, 1.54) is 0 Å². The number of carbonyl (C=O) groups is 1. The van der Waals surface area contributed by atoms with Crippen LogP contribution in [0.5, 0.6) is 0 Å². The summed E-state index contributed by atoms with van der Waals surface area (Å²) in [6, 6.07) is 0. The van der Waals surface area contributed by atoms with Gasteiger partial charge in [-0.05, 0) is 12.3 Å². The predicted octanol–water partition coefficient (Wildman–Crippen LogP) is 1.88. The van der Waals surface area contributed by atoms with Crippen LogP contribution in [0.25, 0.3) is 0 Å². The summed E-state index contributed by atoms with van der Waals surface area (Å²) < 4.78 is 4.07.